The van der Waals surface area contributed by atoms with Gasteiger partial charge in [-0.05, 0) is 73.9 Å². The Morgan fingerprint density at radius 1 is 0.778 bits per heavy atom. The Labute approximate surface area is 212 Å². The highest BCUT2D eigenvalue weighted by Gasteiger charge is 2.25. The quantitative estimate of drug-likeness (QED) is 0.466. The van der Waals surface area contributed by atoms with Gasteiger partial charge in [-0.15, -0.1) is 0 Å². The number of amides is 1. The first-order chi connectivity index (χ1) is 17.2. The summed E-state index contributed by atoms with van der Waals surface area (Å²) in [5.41, 5.74) is 1.65. The van der Waals surface area contributed by atoms with E-state index in [1.165, 1.54) is 34.6 Å². The number of hydrogen-bond acceptors (Lipinski definition) is 5. The topological polar surface area (TPSA) is 113 Å². The Morgan fingerprint density at radius 3 is 2.06 bits per heavy atom. The Kier molecular flexibility index (Phi) is 7.77. The van der Waals surface area contributed by atoms with E-state index in [0.717, 1.165) is 25.7 Å². The first-order valence-corrected chi connectivity index (χ1v) is 14.7. The van der Waals surface area contributed by atoms with E-state index in [-0.39, 0.29) is 15.4 Å². The number of hydrogen-bond donors (Lipinski definition) is 2. The van der Waals surface area contributed by atoms with Crippen LogP contribution in [-0.2, 0) is 20.0 Å². The van der Waals surface area contributed by atoms with E-state index >= 15 is 0 Å². The lowest BCUT2D eigenvalue weighted by Crippen LogP contribution is -2.31. The summed E-state index contributed by atoms with van der Waals surface area (Å²) in [6, 6.07) is 18.8. The van der Waals surface area contributed by atoms with Gasteiger partial charge in [0, 0.05) is 24.3 Å². The molecule has 0 atom stereocenters. The van der Waals surface area contributed by atoms with Crippen LogP contribution in [0.25, 0.3) is 0 Å². The number of nitrogens with one attached hydrogen (secondary N) is 2. The number of sulfonamides is 2. The van der Waals surface area contributed by atoms with Gasteiger partial charge in [0.05, 0.1) is 15.5 Å². The van der Waals surface area contributed by atoms with E-state index in [9.17, 15) is 21.6 Å². The van der Waals surface area contributed by atoms with Crippen molar-refractivity contribution in [3.8, 4) is 0 Å². The van der Waals surface area contributed by atoms with Crippen LogP contribution < -0.4 is 10.0 Å². The fourth-order valence-corrected chi connectivity index (χ4v) is 6.68. The molecular formula is C26H29N3O5S2. The molecular weight excluding hydrogens is 498 g/mol. The number of carbonyl (C=O) groups is 1. The molecule has 3 aromatic rings. The molecule has 1 aliphatic heterocycles. The molecule has 36 heavy (non-hydrogen) atoms. The van der Waals surface area contributed by atoms with Crippen LogP contribution in [0.3, 0.4) is 0 Å². The third kappa shape index (κ3) is 5.95. The molecule has 1 aliphatic rings. The van der Waals surface area contributed by atoms with Gasteiger partial charge in [-0.3, -0.25) is 9.52 Å². The van der Waals surface area contributed by atoms with Gasteiger partial charge < -0.3 is 5.32 Å². The number of nitrogens with zero attached hydrogens (tertiary/aromatic N) is 1. The Morgan fingerprint density at radius 2 is 1.42 bits per heavy atom. The third-order valence-corrected chi connectivity index (χ3v) is 9.41. The maximum atomic E-state index is 13.0. The number of anilines is 2. The van der Waals surface area contributed by atoms with Crippen LogP contribution in [0.15, 0.2) is 82.6 Å². The second-order valence-electron chi connectivity index (χ2n) is 8.75. The zero-order valence-corrected chi connectivity index (χ0v) is 21.6. The van der Waals surface area contributed by atoms with Crippen molar-refractivity contribution >= 4 is 37.3 Å². The van der Waals surface area contributed by atoms with Crippen LogP contribution in [0.4, 0.5) is 11.4 Å². The molecule has 1 fully saturated rings. The van der Waals surface area contributed by atoms with Crippen molar-refractivity contribution < 1.29 is 21.6 Å². The Balaban J connectivity index is 1.48. The van der Waals surface area contributed by atoms with Crippen LogP contribution in [0.1, 0.15) is 41.6 Å². The molecule has 0 aromatic heterocycles. The molecule has 190 valence electrons. The number of carbonyl (C=O) groups excluding carboxylic acids is 1. The molecule has 0 aliphatic carbocycles. The molecule has 0 spiro atoms. The van der Waals surface area contributed by atoms with Crippen LogP contribution in [0, 0.1) is 6.92 Å². The minimum absolute atomic E-state index is 0.120. The molecule has 2 N–H and O–H groups in total. The summed E-state index contributed by atoms with van der Waals surface area (Å²) in [7, 11) is -7.39. The Hall–Kier alpha value is -3.21. The summed E-state index contributed by atoms with van der Waals surface area (Å²) >= 11 is 0. The molecule has 1 amide bonds. The lowest BCUT2D eigenvalue weighted by Gasteiger charge is -2.20. The lowest BCUT2D eigenvalue weighted by molar-refractivity contribution is 0.102. The highest BCUT2D eigenvalue weighted by atomic mass is 32.2. The SMILES string of the molecule is Cc1ccc(C(=O)Nc2ccc(S(=O)(=O)N3CCCCCC3)cc2)cc1NS(=O)(=O)c1ccccc1. The minimum atomic E-state index is -3.81. The lowest BCUT2D eigenvalue weighted by atomic mass is 10.1. The number of benzene rings is 3. The van der Waals surface area contributed by atoms with Crippen molar-refractivity contribution in [2.75, 3.05) is 23.1 Å². The minimum Gasteiger partial charge on any atom is -0.322 e. The largest absolute Gasteiger partial charge is 0.322 e. The normalized spacial score (nSPS) is 15.1. The molecule has 0 unspecified atom stereocenters. The van der Waals surface area contributed by atoms with E-state index in [4.69, 9.17) is 0 Å². The predicted octanol–water partition coefficient (Wildman–Crippen LogP) is 4.61. The van der Waals surface area contributed by atoms with Gasteiger partial charge >= 0.3 is 0 Å². The average Bonchev–Trinajstić information content (AvgIpc) is 3.16. The van der Waals surface area contributed by atoms with E-state index in [2.05, 4.69) is 10.0 Å². The molecule has 0 bridgehead atoms. The smallest absolute Gasteiger partial charge is 0.261 e. The van der Waals surface area contributed by atoms with Crippen molar-refractivity contribution in [1.82, 2.24) is 4.31 Å². The van der Waals surface area contributed by atoms with Crippen LogP contribution >= 0.6 is 0 Å². The van der Waals surface area contributed by atoms with Crippen molar-refractivity contribution in [2.45, 2.75) is 42.4 Å². The zero-order valence-electron chi connectivity index (χ0n) is 20.0. The summed E-state index contributed by atoms with van der Waals surface area (Å²) in [6.07, 6.45) is 3.78. The molecule has 4 rings (SSSR count). The average molecular weight is 528 g/mol. The highest BCUT2D eigenvalue weighted by molar-refractivity contribution is 7.92. The summed E-state index contributed by atoms with van der Waals surface area (Å²) < 4.78 is 55.4. The molecule has 0 radical (unpaired) electrons. The van der Waals surface area contributed by atoms with Crippen molar-refractivity contribution in [1.29, 1.82) is 0 Å². The first kappa shape index (κ1) is 25.9. The second kappa shape index (κ2) is 10.8. The van der Waals surface area contributed by atoms with E-state index in [1.54, 1.807) is 49.4 Å². The van der Waals surface area contributed by atoms with E-state index in [0.29, 0.717) is 30.0 Å². The number of rotatable bonds is 7. The molecule has 3 aromatic carbocycles. The van der Waals surface area contributed by atoms with Gasteiger partial charge in [0.15, 0.2) is 0 Å². The van der Waals surface area contributed by atoms with Crippen molar-refractivity contribution in [3.63, 3.8) is 0 Å². The summed E-state index contributed by atoms with van der Waals surface area (Å²) in [4.78, 5) is 13.2. The van der Waals surface area contributed by atoms with E-state index in [1.807, 2.05) is 0 Å². The first-order valence-electron chi connectivity index (χ1n) is 11.8. The van der Waals surface area contributed by atoms with Gasteiger partial charge in [-0.1, -0.05) is 37.1 Å². The molecule has 10 heteroatoms. The molecule has 0 saturated carbocycles. The molecule has 1 saturated heterocycles. The maximum Gasteiger partial charge on any atom is 0.261 e. The van der Waals surface area contributed by atoms with Crippen molar-refractivity contribution in [3.05, 3.63) is 83.9 Å². The van der Waals surface area contributed by atoms with E-state index < -0.39 is 26.0 Å². The standard InChI is InChI=1S/C26H29N3O5S2/c1-20-11-12-21(19-25(20)28-35(31,32)23-9-5-4-6-10-23)26(30)27-22-13-15-24(16-14-22)36(33,34)29-17-7-2-3-8-18-29/h4-6,9-16,19,28H,2-3,7-8,17-18H2,1H3,(H,27,30). The second-order valence-corrected chi connectivity index (χ2v) is 12.4. The van der Waals surface area contributed by atoms with Gasteiger partial charge in [-0.2, -0.15) is 4.31 Å². The van der Waals surface area contributed by atoms with Gasteiger partial charge in [0.25, 0.3) is 15.9 Å². The molecule has 8 nitrogen and oxygen atoms in total. The van der Waals surface area contributed by atoms with Crippen LogP contribution in [0.5, 0.6) is 0 Å². The Bertz CT molecular complexity index is 1430. The van der Waals surface area contributed by atoms with Gasteiger partial charge in [-0.25, -0.2) is 16.8 Å². The fraction of sp³-hybridized carbons (Fsp3) is 0.269. The highest BCUT2D eigenvalue weighted by Crippen LogP contribution is 2.24. The summed E-state index contributed by atoms with van der Waals surface area (Å²) in [6.45, 7) is 2.78. The van der Waals surface area contributed by atoms with Crippen LogP contribution in [0.2, 0.25) is 0 Å². The van der Waals surface area contributed by atoms with Gasteiger partial charge in [0.1, 0.15) is 0 Å². The van der Waals surface area contributed by atoms with Crippen LogP contribution in [-0.4, -0.2) is 40.1 Å². The fourth-order valence-electron chi connectivity index (χ4n) is 4.02. The third-order valence-electron chi connectivity index (χ3n) is 6.11. The predicted molar refractivity (Wildman–Crippen MR) is 140 cm³/mol. The monoisotopic (exact) mass is 527 g/mol. The summed E-state index contributed by atoms with van der Waals surface area (Å²) in [5, 5.41) is 2.74. The number of aryl methyl sites for hydroxylation is 1. The van der Waals surface area contributed by atoms with Gasteiger partial charge in [0.2, 0.25) is 10.0 Å². The zero-order chi connectivity index (χ0) is 25.8. The molecule has 1 heterocycles. The van der Waals surface area contributed by atoms with Crippen molar-refractivity contribution in [2.24, 2.45) is 0 Å². The maximum absolute atomic E-state index is 13.0. The summed E-state index contributed by atoms with van der Waals surface area (Å²) in [5.74, 6) is -0.446.